The number of H-pyrrole nitrogens is 3. The molecule has 0 radical (unpaired) electrons. The van der Waals surface area contributed by atoms with Gasteiger partial charge in [-0.1, -0.05) is 34.8 Å². The molecule has 3 aliphatic heterocycles. The van der Waals surface area contributed by atoms with Crippen LogP contribution in [0.3, 0.4) is 0 Å². The fourth-order valence-electron chi connectivity index (χ4n) is 10.8. The Labute approximate surface area is 545 Å². The molecule has 9 aromatic heterocycles. The van der Waals surface area contributed by atoms with Crippen LogP contribution in [0.1, 0.15) is 48.8 Å². The third-order valence-corrected chi connectivity index (χ3v) is 15.8. The molecule has 12 rings (SSSR count). The number of carbonyl (C=O) groups is 4. The molecule has 0 saturated carbocycles. The molecule has 0 bridgehead atoms. The summed E-state index contributed by atoms with van der Waals surface area (Å²) < 4.78 is 132. The summed E-state index contributed by atoms with van der Waals surface area (Å²) in [5.74, 6) is -2.65. The summed E-state index contributed by atoms with van der Waals surface area (Å²) >= 11 is 18.1. The predicted octanol–water partition coefficient (Wildman–Crippen LogP) is 10.1. The number of alkyl halides is 9. The highest BCUT2D eigenvalue weighted by atomic mass is 35.5. The van der Waals surface area contributed by atoms with Crippen molar-refractivity contribution in [2.75, 3.05) is 74.2 Å². The summed E-state index contributed by atoms with van der Waals surface area (Å²) in [5.41, 5.74) is 1.93. The molecule has 3 saturated heterocycles. The highest BCUT2D eigenvalue weighted by molar-refractivity contribution is 6.32. The smallest absolute Gasteiger partial charge is 0.405 e. The molecular formula is C57H60Cl3F10N19O5. The Morgan fingerprint density at radius 3 is 1.69 bits per heavy atom. The number of aromatic amines is 3. The lowest BCUT2D eigenvalue weighted by Gasteiger charge is -2.36. The minimum Gasteiger partial charge on any atom is -0.464 e. The Hall–Kier alpha value is -9.28. The number of aromatic nitrogens is 12. The normalized spacial score (nSPS) is 17.6. The molecule has 94 heavy (non-hydrogen) atoms. The first-order chi connectivity index (χ1) is 44.6. The number of fused-ring (bicyclic) bond motifs is 3. The van der Waals surface area contributed by atoms with E-state index in [9.17, 15) is 63.1 Å². The Morgan fingerprint density at radius 2 is 1.14 bits per heavy atom. The number of anilines is 3. The number of amides is 3. The number of esters is 1. The van der Waals surface area contributed by atoms with Crippen molar-refractivity contribution >= 4 is 109 Å². The minimum absolute atomic E-state index is 0. The van der Waals surface area contributed by atoms with E-state index in [1.165, 1.54) is 43.6 Å². The van der Waals surface area contributed by atoms with Crippen LogP contribution in [0.25, 0.3) is 67.3 Å². The molecule has 504 valence electrons. The van der Waals surface area contributed by atoms with Gasteiger partial charge in [0.1, 0.15) is 65.8 Å². The number of ether oxygens (including phenoxy) is 1. The summed E-state index contributed by atoms with van der Waals surface area (Å²) in [5, 5.41) is 12.0. The number of hydrogen-bond donors (Lipinski definition) is 7. The average molecular weight is 1390 g/mol. The van der Waals surface area contributed by atoms with E-state index in [0.29, 0.717) is 110 Å². The topological polar surface area (TPSA) is 299 Å². The lowest BCUT2D eigenvalue weighted by atomic mass is 9.97. The third-order valence-electron chi connectivity index (χ3n) is 15.1. The van der Waals surface area contributed by atoms with Crippen LogP contribution in [0.4, 0.5) is 61.4 Å². The molecule has 7 N–H and O–H groups in total. The number of hydrogen-bond acceptors (Lipinski definition) is 18. The zero-order valence-electron chi connectivity index (χ0n) is 49.0. The van der Waals surface area contributed by atoms with E-state index < -0.39 is 85.3 Å². The summed E-state index contributed by atoms with van der Waals surface area (Å²) in [6.07, 6.45) is -0.0302. The summed E-state index contributed by atoms with van der Waals surface area (Å²) in [6.45, 7) is -1.01. The van der Waals surface area contributed by atoms with Gasteiger partial charge in [0.15, 0.2) is 34.8 Å². The van der Waals surface area contributed by atoms with Crippen molar-refractivity contribution in [3.63, 3.8) is 0 Å². The second-order valence-electron chi connectivity index (χ2n) is 21.5. The first-order valence-electron chi connectivity index (χ1n) is 28.3. The SMILES string of the molecule is COC(=O)c1cc(N2CCC[C@@H]2C(=O)NCC(F)(F)F)nc(-c2c[nH]c3ncc(Cl)cc23)n1.C[C@@]1(C(=O)NCC(F)(F)F)CCCN1c1nc(-c2c[nH]c3ncc(Cl)cc23)ncc1F.O=C(NCC(F)(F)F)[C@H]1CNCCN1c1ccnc(-c2c[nH]c3ncc(Cl)cc23)n1.[HH].[HH].[HH].[HH]. The highest BCUT2D eigenvalue weighted by Crippen LogP contribution is 2.38. The Bertz CT molecular complexity index is 4310. The van der Waals surface area contributed by atoms with Crippen LogP contribution < -0.4 is 36.0 Å². The van der Waals surface area contributed by atoms with Crippen molar-refractivity contribution in [3.8, 4) is 34.2 Å². The van der Waals surface area contributed by atoms with Gasteiger partial charge in [-0.3, -0.25) is 14.4 Å². The summed E-state index contributed by atoms with van der Waals surface area (Å²) in [6, 6.07) is 6.33. The molecule has 3 amide bonds. The van der Waals surface area contributed by atoms with Gasteiger partial charge >= 0.3 is 24.5 Å². The second kappa shape index (κ2) is 27.7. The van der Waals surface area contributed by atoms with Crippen molar-refractivity contribution in [2.24, 2.45) is 0 Å². The van der Waals surface area contributed by atoms with Crippen LogP contribution in [0, 0.1) is 5.82 Å². The van der Waals surface area contributed by atoms with Crippen molar-refractivity contribution in [1.82, 2.24) is 81.1 Å². The molecule has 0 aliphatic carbocycles. The number of nitrogens with one attached hydrogen (secondary N) is 7. The van der Waals surface area contributed by atoms with E-state index in [0.717, 1.165) is 11.6 Å². The Balaban J connectivity index is 0.000000228. The quantitative estimate of drug-likeness (QED) is 0.0417. The van der Waals surface area contributed by atoms with E-state index >= 15 is 0 Å². The molecule has 0 spiro atoms. The molecule has 12 heterocycles. The Kier molecular flexibility index (Phi) is 19.9. The van der Waals surface area contributed by atoms with Crippen LogP contribution in [-0.4, -0.2) is 179 Å². The van der Waals surface area contributed by atoms with E-state index in [-0.39, 0.29) is 54.2 Å². The first kappa shape index (κ1) is 67.6. The largest absolute Gasteiger partial charge is 0.464 e. The van der Waals surface area contributed by atoms with Crippen molar-refractivity contribution in [3.05, 3.63) is 106 Å². The summed E-state index contributed by atoms with van der Waals surface area (Å²) in [7, 11) is 1.20. The maximum Gasteiger partial charge on any atom is 0.405 e. The van der Waals surface area contributed by atoms with Gasteiger partial charge in [-0.25, -0.2) is 54.0 Å². The molecular weight excluding hydrogens is 1330 g/mol. The second-order valence-corrected chi connectivity index (χ2v) is 22.9. The van der Waals surface area contributed by atoms with Crippen LogP contribution in [0.5, 0.6) is 0 Å². The number of methoxy groups -OCH3 is 1. The number of piperazine rings is 1. The fourth-order valence-corrected chi connectivity index (χ4v) is 11.2. The number of nitrogens with zero attached hydrogens (tertiary/aromatic N) is 12. The number of pyridine rings is 3. The standard InChI is InChI=1S/C20H18ClF3N6O3.C19H17ClF4N6O.C18H17ClF3N7O.4H2/c1-33-19(32)13-6-15(30-4-2-3-14(30)18(31)27-9-20(22,23)24)29-17(28-13)12-8-26-16-11(12)5-10(21)7-25-16;1-18(17(31)28-9-19(22,23)24)3-2-4-30(18)16-13(21)8-27-15(29-16)12-7-26-14-11(12)5-10(20)6-25-14;19-10-5-11-12(7-26-15(11)25-6-10)16-24-2-1-14(28-16)29-4-3-23-8-13(29)17(30)27-9-18(20,21)22;;;;/h5-8,14H,2-4,9H2,1H3,(H,25,26)(H,27,31);5-8H,2-4,9H2,1H3,(H,25,26)(H,28,31);1-2,5-7,13,23H,3-4,8-9H2,(H,25,26)(H,27,30);4*1H/t14-;18-;13-;;;;/m101..../s1. The summed E-state index contributed by atoms with van der Waals surface area (Å²) in [4.78, 5) is 102. The Morgan fingerprint density at radius 1 is 0.628 bits per heavy atom. The maximum atomic E-state index is 14.7. The molecule has 24 nitrogen and oxygen atoms in total. The molecule has 3 fully saturated rings. The predicted molar refractivity (Wildman–Crippen MR) is 333 cm³/mol. The average Bonchev–Trinajstić information content (AvgIpc) is 1.55. The maximum absolute atomic E-state index is 14.7. The van der Waals surface area contributed by atoms with E-state index in [1.54, 1.807) is 58.9 Å². The zero-order chi connectivity index (χ0) is 67.4. The lowest BCUT2D eigenvalue weighted by Crippen LogP contribution is -2.59. The van der Waals surface area contributed by atoms with Crippen LogP contribution >= 0.6 is 34.8 Å². The van der Waals surface area contributed by atoms with Gasteiger partial charge in [-0.2, -0.15) is 39.5 Å². The third kappa shape index (κ3) is 15.7. The lowest BCUT2D eigenvalue weighted by molar-refractivity contribution is -0.141. The van der Waals surface area contributed by atoms with E-state index in [1.807, 2.05) is 16.0 Å². The molecule has 9 aromatic rings. The van der Waals surface area contributed by atoms with Gasteiger partial charge in [-0.15, -0.1) is 0 Å². The molecule has 0 aromatic carbocycles. The monoisotopic (exact) mass is 1390 g/mol. The van der Waals surface area contributed by atoms with Gasteiger partial charge in [0.25, 0.3) is 0 Å². The zero-order valence-corrected chi connectivity index (χ0v) is 51.2. The van der Waals surface area contributed by atoms with Gasteiger partial charge < -0.3 is 55.7 Å². The van der Waals surface area contributed by atoms with Gasteiger partial charge in [0, 0.05) is 121 Å². The van der Waals surface area contributed by atoms with Crippen molar-refractivity contribution in [1.29, 1.82) is 0 Å². The first-order valence-corrected chi connectivity index (χ1v) is 29.5. The highest BCUT2D eigenvalue weighted by Gasteiger charge is 2.46. The number of carbonyl (C=O) groups excluding carboxylic acids is 4. The minimum atomic E-state index is -4.55. The number of rotatable bonds is 13. The molecule has 3 aliphatic rings. The molecule has 3 atom stereocenters. The fraction of sp³-hybridized carbons (Fsp3) is 0.351. The van der Waals surface area contributed by atoms with Crippen molar-refractivity contribution in [2.45, 2.75) is 68.8 Å². The van der Waals surface area contributed by atoms with E-state index in [2.05, 4.69) is 65.1 Å². The van der Waals surface area contributed by atoms with Gasteiger partial charge in [0.2, 0.25) is 17.7 Å². The number of halogens is 13. The van der Waals surface area contributed by atoms with Crippen LogP contribution in [-0.2, 0) is 19.1 Å². The van der Waals surface area contributed by atoms with Crippen LogP contribution in [0.15, 0.2) is 79.9 Å². The van der Waals surface area contributed by atoms with E-state index in [4.69, 9.17) is 39.5 Å². The molecule has 37 heteroatoms. The molecule has 0 unspecified atom stereocenters. The van der Waals surface area contributed by atoms with Gasteiger partial charge in [0.05, 0.1) is 28.4 Å². The van der Waals surface area contributed by atoms with Crippen molar-refractivity contribution < 1.29 is 73.5 Å². The van der Waals surface area contributed by atoms with Crippen LogP contribution in [0.2, 0.25) is 15.1 Å². The van der Waals surface area contributed by atoms with Gasteiger partial charge in [-0.05, 0) is 56.9 Å².